The Labute approximate surface area is 161 Å². The van der Waals surface area contributed by atoms with Crippen molar-refractivity contribution in [3.8, 4) is 0 Å². The van der Waals surface area contributed by atoms with Gasteiger partial charge in [0.25, 0.3) is 10.0 Å². The summed E-state index contributed by atoms with van der Waals surface area (Å²) in [5, 5.41) is 1.54. The smallest absolute Gasteiger partial charge is 0.251 e. The molecule has 0 aromatic heterocycles. The molecule has 140 valence electrons. The first-order valence-electron chi connectivity index (χ1n) is 8.59. The van der Waals surface area contributed by atoms with Crippen LogP contribution in [0.3, 0.4) is 0 Å². The summed E-state index contributed by atoms with van der Waals surface area (Å²) in [6, 6.07) is 28.6. The SMILES string of the molecule is C[C@H](OP(=NS(C)(=O)=O)(c1ccccc1)c1ccccc1)c1ccccc1. The standard InChI is InChI=1S/C21H22NO3PS/c1-18(19-12-6-3-7-13-19)25-26(22-27(2,23)24,20-14-8-4-9-15-20)21-16-10-5-11-17-21/h3-18H,1-2H3/t18-/m0/s1. The van der Waals surface area contributed by atoms with E-state index in [-0.39, 0.29) is 6.10 Å². The number of rotatable bonds is 6. The molecule has 0 aliphatic heterocycles. The molecule has 0 aliphatic rings. The molecule has 0 bridgehead atoms. The maximum absolute atomic E-state index is 12.3. The average molecular weight is 399 g/mol. The van der Waals surface area contributed by atoms with E-state index in [0.29, 0.717) is 0 Å². The van der Waals surface area contributed by atoms with Gasteiger partial charge in [0.15, 0.2) is 7.28 Å². The van der Waals surface area contributed by atoms with Crippen LogP contribution in [0.15, 0.2) is 95.1 Å². The van der Waals surface area contributed by atoms with E-state index in [1.807, 2.05) is 97.9 Å². The third-order valence-electron chi connectivity index (χ3n) is 4.06. The minimum absolute atomic E-state index is 0.328. The Kier molecular flexibility index (Phi) is 5.95. The highest BCUT2D eigenvalue weighted by molar-refractivity contribution is 7.95. The van der Waals surface area contributed by atoms with Crippen molar-refractivity contribution in [3.63, 3.8) is 0 Å². The van der Waals surface area contributed by atoms with Crippen molar-refractivity contribution in [1.29, 1.82) is 0 Å². The summed E-state index contributed by atoms with van der Waals surface area (Å²) in [6.45, 7) is 1.92. The fraction of sp³-hybridized carbons (Fsp3) is 0.143. The van der Waals surface area contributed by atoms with Crippen molar-refractivity contribution in [3.05, 3.63) is 96.6 Å². The Morgan fingerprint density at radius 3 is 1.59 bits per heavy atom. The molecule has 27 heavy (non-hydrogen) atoms. The number of hydrogen-bond acceptors (Lipinski definition) is 3. The van der Waals surface area contributed by atoms with Gasteiger partial charge in [-0.2, -0.15) is 0 Å². The van der Waals surface area contributed by atoms with Gasteiger partial charge in [-0.3, -0.25) is 0 Å². The van der Waals surface area contributed by atoms with Gasteiger partial charge in [0.2, 0.25) is 0 Å². The molecular formula is C21H22NO3PS. The summed E-state index contributed by atoms with van der Waals surface area (Å²) in [6.07, 6.45) is 0.787. The van der Waals surface area contributed by atoms with E-state index in [9.17, 15) is 8.42 Å². The number of nitrogens with zero attached hydrogens (tertiary/aromatic N) is 1. The second-order valence-electron chi connectivity index (χ2n) is 6.22. The lowest BCUT2D eigenvalue weighted by Gasteiger charge is -2.28. The van der Waals surface area contributed by atoms with Crippen LogP contribution in [0.1, 0.15) is 18.6 Å². The molecule has 4 nitrogen and oxygen atoms in total. The summed E-state index contributed by atoms with van der Waals surface area (Å²) >= 11 is 0. The van der Waals surface area contributed by atoms with Crippen LogP contribution in [0.5, 0.6) is 0 Å². The third-order valence-corrected chi connectivity index (χ3v) is 8.78. The van der Waals surface area contributed by atoms with E-state index in [2.05, 4.69) is 4.15 Å². The zero-order valence-corrected chi connectivity index (χ0v) is 17.0. The molecule has 0 unspecified atom stereocenters. The van der Waals surface area contributed by atoms with Crippen LogP contribution in [0.2, 0.25) is 0 Å². The summed E-state index contributed by atoms with van der Waals surface area (Å²) in [4.78, 5) is 0. The Balaban J connectivity index is 2.26. The van der Waals surface area contributed by atoms with Crippen molar-refractivity contribution in [2.45, 2.75) is 13.0 Å². The van der Waals surface area contributed by atoms with Gasteiger partial charge in [0.05, 0.1) is 12.4 Å². The Morgan fingerprint density at radius 2 is 1.19 bits per heavy atom. The Bertz CT molecular complexity index is 993. The van der Waals surface area contributed by atoms with E-state index in [1.165, 1.54) is 0 Å². The van der Waals surface area contributed by atoms with Crippen molar-refractivity contribution < 1.29 is 12.9 Å². The quantitative estimate of drug-likeness (QED) is 0.574. The average Bonchev–Trinajstić information content (AvgIpc) is 2.68. The highest BCUT2D eigenvalue weighted by atomic mass is 32.2. The zero-order valence-electron chi connectivity index (χ0n) is 15.3. The van der Waals surface area contributed by atoms with Crippen LogP contribution in [0.25, 0.3) is 0 Å². The lowest BCUT2D eigenvalue weighted by atomic mass is 10.1. The van der Waals surface area contributed by atoms with Crippen molar-refractivity contribution >= 4 is 27.9 Å². The predicted octanol–water partition coefficient (Wildman–Crippen LogP) is 4.49. The largest absolute Gasteiger partial charge is 0.328 e. The van der Waals surface area contributed by atoms with Gasteiger partial charge >= 0.3 is 0 Å². The van der Waals surface area contributed by atoms with Gasteiger partial charge in [-0.1, -0.05) is 91.0 Å². The number of benzene rings is 3. The second-order valence-corrected chi connectivity index (χ2v) is 10.7. The molecule has 3 aromatic carbocycles. The van der Waals surface area contributed by atoms with E-state index in [1.54, 1.807) is 0 Å². The normalized spacial score (nSPS) is 13.1. The van der Waals surface area contributed by atoms with Crippen LogP contribution in [-0.4, -0.2) is 14.7 Å². The van der Waals surface area contributed by atoms with Gasteiger partial charge in [-0.25, -0.2) is 8.42 Å². The Morgan fingerprint density at radius 1 is 0.778 bits per heavy atom. The molecule has 0 amide bonds. The van der Waals surface area contributed by atoms with E-state index in [4.69, 9.17) is 4.52 Å². The molecule has 0 heterocycles. The molecule has 0 saturated carbocycles. The topological polar surface area (TPSA) is 55.7 Å². The van der Waals surface area contributed by atoms with Gasteiger partial charge in [0.1, 0.15) is 0 Å². The molecule has 3 rings (SSSR count). The maximum Gasteiger partial charge on any atom is 0.251 e. The minimum Gasteiger partial charge on any atom is -0.328 e. The maximum atomic E-state index is 12.3. The summed E-state index contributed by atoms with van der Waals surface area (Å²) in [7, 11) is -6.66. The molecule has 0 N–H and O–H groups in total. The van der Waals surface area contributed by atoms with Crippen molar-refractivity contribution in [2.75, 3.05) is 6.26 Å². The fourth-order valence-electron chi connectivity index (χ4n) is 2.87. The monoisotopic (exact) mass is 399 g/mol. The number of hydrogen-bond donors (Lipinski definition) is 0. The summed E-state index contributed by atoms with van der Waals surface area (Å²) in [5.41, 5.74) is 0.970. The highest BCUT2D eigenvalue weighted by Gasteiger charge is 2.31. The molecule has 0 fully saturated rings. The molecule has 0 radical (unpaired) electrons. The van der Waals surface area contributed by atoms with Crippen LogP contribution >= 0.6 is 7.28 Å². The van der Waals surface area contributed by atoms with E-state index in [0.717, 1.165) is 22.4 Å². The van der Waals surface area contributed by atoms with Crippen molar-refractivity contribution in [1.82, 2.24) is 0 Å². The number of sulfonamides is 1. The summed E-state index contributed by atoms with van der Waals surface area (Å²) in [5.74, 6) is 0. The van der Waals surface area contributed by atoms with Gasteiger partial charge in [-0.15, -0.1) is 4.15 Å². The van der Waals surface area contributed by atoms with Gasteiger partial charge in [-0.05, 0) is 12.5 Å². The Hall–Kier alpha value is -2.20. The first-order chi connectivity index (χ1) is 12.9. The molecule has 0 spiro atoms. The van der Waals surface area contributed by atoms with Gasteiger partial charge in [0, 0.05) is 10.6 Å². The van der Waals surface area contributed by atoms with Crippen LogP contribution in [0.4, 0.5) is 0 Å². The first kappa shape index (κ1) is 19.6. The lowest BCUT2D eigenvalue weighted by Crippen LogP contribution is -2.20. The lowest BCUT2D eigenvalue weighted by molar-refractivity contribution is 0.257. The molecular weight excluding hydrogens is 377 g/mol. The van der Waals surface area contributed by atoms with Crippen molar-refractivity contribution in [2.24, 2.45) is 4.15 Å². The highest BCUT2D eigenvalue weighted by Crippen LogP contribution is 2.53. The minimum atomic E-state index is -3.66. The second kappa shape index (κ2) is 8.22. The molecule has 0 saturated heterocycles. The molecule has 6 heteroatoms. The van der Waals surface area contributed by atoms with Crippen LogP contribution in [0, 0.1) is 0 Å². The van der Waals surface area contributed by atoms with Crippen LogP contribution in [-0.2, 0) is 14.5 Å². The third kappa shape index (κ3) is 4.75. The first-order valence-corrected chi connectivity index (χ1v) is 12.1. The van der Waals surface area contributed by atoms with Crippen LogP contribution < -0.4 is 10.6 Å². The molecule has 1 atom stereocenters. The van der Waals surface area contributed by atoms with E-state index >= 15 is 0 Å². The van der Waals surface area contributed by atoms with Gasteiger partial charge < -0.3 is 4.52 Å². The fourth-order valence-corrected chi connectivity index (χ4v) is 7.72. The van der Waals surface area contributed by atoms with E-state index < -0.39 is 17.3 Å². The predicted molar refractivity (Wildman–Crippen MR) is 112 cm³/mol. The zero-order chi connectivity index (χ0) is 19.3. The molecule has 0 aliphatic carbocycles. The summed E-state index contributed by atoms with van der Waals surface area (Å²) < 4.78 is 35.4. The molecule has 3 aromatic rings.